The average molecular weight is 175 g/mol. The van der Waals surface area contributed by atoms with Crippen LogP contribution < -0.4 is 0 Å². The molecule has 1 aliphatic heterocycles. The van der Waals surface area contributed by atoms with Crippen LogP contribution in [0.25, 0.3) is 0 Å². The van der Waals surface area contributed by atoms with Crippen molar-refractivity contribution in [2.45, 2.75) is 13.3 Å². The van der Waals surface area contributed by atoms with Crippen molar-refractivity contribution in [3.05, 3.63) is 36.1 Å². The van der Waals surface area contributed by atoms with E-state index in [0.29, 0.717) is 6.42 Å². The van der Waals surface area contributed by atoms with E-state index in [1.807, 2.05) is 24.4 Å². The van der Waals surface area contributed by atoms with Crippen LogP contribution in [0.5, 0.6) is 0 Å². The molecule has 0 aromatic heterocycles. The minimum Gasteiger partial charge on any atom is -0.396 e. The number of aliphatic hydroxyl groups excluding tert-OH is 1. The summed E-state index contributed by atoms with van der Waals surface area (Å²) in [6.45, 7) is 2.34. The second-order valence-corrected chi connectivity index (χ2v) is 3.56. The molecule has 0 radical (unpaired) electrons. The fraction of sp³-hybridized carbons (Fsp3) is 0.364. The van der Waals surface area contributed by atoms with Crippen LogP contribution in [0.15, 0.2) is 41.1 Å². The Hall–Kier alpha value is -1.15. The first-order valence-corrected chi connectivity index (χ1v) is 4.52. The van der Waals surface area contributed by atoms with Gasteiger partial charge in [-0.05, 0) is 25.0 Å². The van der Waals surface area contributed by atoms with Gasteiger partial charge in [-0.15, -0.1) is 0 Å². The Morgan fingerprint density at radius 2 is 2.31 bits per heavy atom. The third-order valence-electron chi connectivity index (χ3n) is 2.73. The van der Waals surface area contributed by atoms with Gasteiger partial charge in [0.25, 0.3) is 0 Å². The Labute approximate surface area is 78.0 Å². The van der Waals surface area contributed by atoms with E-state index in [-0.39, 0.29) is 12.0 Å². The maximum absolute atomic E-state index is 8.90. The van der Waals surface area contributed by atoms with Gasteiger partial charge in [0.15, 0.2) is 0 Å². The second-order valence-electron chi connectivity index (χ2n) is 3.56. The Morgan fingerprint density at radius 3 is 3.08 bits per heavy atom. The van der Waals surface area contributed by atoms with E-state index in [4.69, 9.17) is 5.11 Å². The van der Waals surface area contributed by atoms with Gasteiger partial charge in [-0.2, -0.15) is 0 Å². The maximum Gasteiger partial charge on any atom is 0.0541 e. The summed E-state index contributed by atoms with van der Waals surface area (Å²) in [7, 11) is 0. The lowest BCUT2D eigenvalue weighted by Gasteiger charge is -2.26. The monoisotopic (exact) mass is 175 g/mol. The van der Waals surface area contributed by atoms with Crippen LogP contribution in [0.3, 0.4) is 0 Å². The van der Waals surface area contributed by atoms with Gasteiger partial charge in [0.2, 0.25) is 0 Å². The van der Waals surface area contributed by atoms with Crippen molar-refractivity contribution in [2.24, 2.45) is 10.4 Å². The van der Waals surface area contributed by atoms with Crippen LogP contribution in [-0.2, 0) is 0 Å². The molecule has 2 nitrogen and oxygen atoms in total. The lowest BCUT2D eigenvalue weighted by Crippen LogP contribution is -2.25. The fourth-order valence-corrected chi connectivity index (χ4v) is 1.83. The van der Waals surface area contributed by atoms with E-state index in [1.165, 1.54) is 5.57 Å². The lowest BCUT2D eigenvalue weighted by atomic mass is 9.76. The first-order valence-electron chi connectivity index (χ1n) is 4.52. The number of rotatable bonds is 2. The molecule has 0 aromatic carbocycles. The van der Waals surface area contributed by atoms with Crippen LogP contribution in [0.4, 0.5) is 0 Å². The zero-order valence-electron chi connectivity index (χ0n) is 7.70. The second kappa shape index (κ2) is 2.96. The summed E-state index contributed by atoms with van der Waals surface area (Å²) in [4.78, 5) is 4.33. The molecule has 0 aromatic rings. The Bertz CT molecular complexity index is 336. The van der Waals surface area contributed by atoms with Crippen molar-refractivity contribution in [3.8, 4) is 0 Å². The van der Waals surface area contributed by atoms with Crippen LogP contribution in [0.1, 0.15) is 13.3 Å². The van der Waals surface area contributed by atoms with Crippen molar-refractivity contribution in [2.75, 3.05) is 6.61 Å². The van der Waals surface area contributed by atoms with Crippen molar-refractivity contribution in [3.63, 3.8) is 0 Å². The summed E-state index contributed by atoms with van der Waals surface area (Å²) >= 11 is 0. The van der Waals surface area contributed by atoms with Gasteiger partial charge in [-0.1, -0.05) is 18.2 Å². The number of hydrogen-bond acceptors (Lipinski definition) is 2. The first-order chi connectivity index (χ1) is 6.27. The van der Waals surface area contributed by atoms with Gasteiger partial charge in [0.05, 0.1) is 11.1 Å². The highest BCUT2D eigenvalue weighted by atomic mass is 16.2. The number of aliphatic imine (C=N–C) groups is 1. The maximum atomic E-state index is 8.90. The summed E-state index contributed by atoms with van der Waals surface area (Å²) in [5.74, 6) is 0. The minimum absolute atomic E-state index is 0.0581. The molecule has 1 aliphatic carbocycles. The molecule has 13 heavy (non-hydrogen) atoms. The molecule has 1 N–H and O–H groups in total. The predicted molar refractivity (Wildman–Crippen MR) is 53.6 cm³/mol. The molecule has 0 spiro atoms. The van der Waals surface area contributed by atoms with Crippen molar-refractivity contribution in [1.29, 1.82) is 0 Å². The van der Waals surface area contributed by atoms with Crippen molar-refractivity contribution >= 4 is 5.71 Å². The van der Waals surface area contributed by atoms with E-state index in [9.17, 15) is 0 Å². The van der Waals surface area contributed by atoms with Gasteiger partial charge in [-0.25, -0.2) is 0 Å². The molecule has 1 unspecified atom stereocenters. The molecule has 0 amide bonds. The van der Waals surface area contributed by atoms with Crippen molar-refractivity contribution < 1.29 is 5.11 Å². The standard InChI is InChI=1S/C11H13NO/c1-11-6-3-2-4-10(11)12-8-9(11)5-7-13/h2-4,6,8,13H,5,7H2,1H3. The smallest absolute Gasteiger partial charge is 0.0541 e. The van der Waals surface area contributed by atoms with Crippen LogP contribution in [-0.4, -0.2) is 17.4 Å². The zero-order valence-corrected chi connectivity index (χ0v) is 7.70. The number of nitrogens with zero attached hydrogens (tertiary/aromatic N) is 1. The lowest BCUT2D eigenvalue weighted by molar-refractivity contribution is 0.294. The van der Waals surface area contributed by atoms with E-state index in [0.717, 1.165) is 5.71 Å². The van der Waals surface area contributed by atoms with Crippen LogP contribution >= 0.6 is 0 Å². The van der Waals surface area contributed by atoms with Crippen LogP contribution in [0.2, 0.25) is 0 Å². The average Bonchev–Trinajstić information content (AvgIpc) is 2.45. The van der Waals surface area contributed by atoms with Gasteiger partial charge >= 0.3 is 0 Å². The molecule has 0 saturated heterocycles. The van der Waals surface area contributed by atoms with E-state index in [2.05, 4.69) is 18.0 Å². The van der Waals surface area contributed by atoms with Gasteiger partial charge in [0, 0.05) is 12.8 Å². The Balaban J connectivity index is 2.31. The summed E-state index contributed by atoms with van der Waals surface area (Å²) in [6, 6.07) is 0. The summed E-state index contributed by atoms with van der Waals surface area (Å²) in [5, 5.41) is 8.90. The SMILES string of the molecule is CC12C=CC=CC1=NC=C2CCO. The third kappa shape index (κ3) is 1.18. The predicted octanol–water partition coefficient (Wildman–Crippen LogP) is 1.84. The highest BCUT2D eigenvalue weighted by molar-refractivity contribution is 6.06. The number of hydrogen-bond donors (Lipinski definition) is 1. The summed E-state index contributed by atoms with van der Waals surface area (Å²) in [5.41, 5.74) is 2.22. The highest BCUT2D eigenvalue weighted by Gasteiger charge is 2.34. The van der Waals surface area contributed by atoms with Crippen molar-refractivity contribution in [1.82, 2.24) is 0 Å². The summed E-state index contributed by atoms with van der Waals surface area (Å²) < 4.78 is 0. The molecule has 0 fully saturated rings. The quantitative estimate of drug-likeness (QED) is 0.682. The molecule has 0 bridgehead atoms. The van der Waals surface area contributed by atoms with E-state index >= 15 is 0 Å². The fourth-order valence-electron chi connectivity index (χ4n) is 1.83. The first kappa shape index (κ1) is 8.45. The van der Waals surface area contributed by atoms with Gasteiger partial charge in [-0.3, -0.25) is 4.99 Å². The zero-order chi connectivity index (χ0) is 9.31. The Kier molecular flexibility index (Phi) is 1.93. The van der Waals surface area contributed by atoms with E-state index in [1.54, 1.807) is 0 Å². The molecule has 2 rings (SSSR count). The Morgan fingerprint density at radius 1 is 1.46 bits per heavy atom. The largest absolute Gasteiger partial charge is 0.396 e. The molecule has 0 saturated carbocycles. The normalized spacial score (nSPS) is 30.0. The molecular weight excluding hydrogens is 162 g/mol. The van der Waals surface area contributed by atoms with Gasteiger partial charge < -0.3 is 5.11 Å². The molecular formula is C11H13NO. The number of aliphatic hydroxyl groups is 1. The number of fused-ring (bicyclic) bond motifs is 1. The molecule has 1 atom stereocenters. The minimum atomic E-state index is -0.0581. The summed E-state index contributed by atoms with van der Waals surface area (Å²) in [6.07, 6.45) is 10.8. The molecule has 2 aliphatic rings. The molecule has 1 heterocycles. The molecule has 68 valence electrons. The molecule has 2 heteroatoms. The van der Waals surface area contributed by atoms with Crippen LogP contribution in [0, 0.1) is 5.41 Å². The van der Waals surface area contributed by atoms with Gasteiger partial charge in [0.1, 0.15) is 0 Å². The highest BCUT2D eigenvalue weighted by Crippen LogP contribution is 2.39. The third-order valence-corrected chi connectivity index (χ3v) is 2.73. The van der Waals surface area contributed by atoms with E-state index < -0.39 is 0 Å². The topological polar surface area (TPSA) is 32.6 Å². The number of allylic oxidation sites excluding steroid dienone is 4.